The molecule has 14 heavy (non-hydrogen) atoms. The third-order valence-corrected chi connectivity index (χ3v) is 3.36. The zero-order valence-electron chi connectivity index (χ0n) is 8.70. The van der Waals surface area contributed by atoms with Crippen LogP contribution in [0.1, 0.15) is 1.37 Å². The maximum absolute atomic E-state index is 7.75. The molecule has 1 aromatic heterocycles. The zero-order chi connectivity index (χ0) is 10.5. The molecule has 4 heteroatoms. The van der Waals surface area contributed by atoms with Gasteiger partial charge in [0.25, 0.3) is 0 Å². The highest BCUT2D eigenvalue weighted by Crippen LogP contribution is 2.37. The average Bonchev–Trinajstić information content (AvgIpc) is 2.14. The third kappa shape index (κ3) is 1.25. The fourth-order valence-corrected chi connectivity index (χ4v) is 2.42. The van der Waals surface area contributed by atoms with Crippen LogP contribution < -0.4 is 10.2 Å². The van der Waals surface area contributed by atoms with Crippen molar-refractivity contribution in [1.82, 2.24) is 10.3 Å². The van der Waals surface area contributed by atoms with E-state index in [9.17, 15) is 0 Å². The quantitative estimate of drug-likeness (QED) is 0.818. The van der Waals surface area contributed by atoms with Crippen molar-refractivity contribution in [2.75, 3.05) is 31.1 Å². The van der Waals surface area contributed by atoms with E-state index in [1.807, 2.05) is 6.20 Å². The minimum absolute atomic E-state index is 0.0751. The Morgan fingerprint density at radius 2 is 2.43 bits per heavy atom. The molecule has 0 aromatic carbocycles. The van der Waals surface area contributed by atoms with Crippen LogP contribution in [0.15, 0.2) is 22.9 Å². The molecule has 3 heterocycles. The van der Waals surface area contributed by atoms with E-state index in [1.54, 1.807) is 6.20 Å². The van der Waals surface area contributed by atoms with E-state index in [0.29, 0.717) is 0 Å². The van der Waals surface area contributed by atoms with Gasteiger partial charge in [0, 0.05) is 43.6 Å². The lowest BCUT2D eigenvalue weighted by Crippen LogP contribution is -2.71. The van der Waals surface area contributed by atoms with Crippen molar-refractivity contribution in [3.63, 3.8) is 0 Å². The van der Waals surface area contributed by atoms with Gasteiger partial charge >= 0.3 is 0 Å². The molecule has 1 spiro atoms. The van der Waals surface area contributed by atoms with Gasteiger partial charge in [-0.25, -0.2) is 0 Å². The van der Waals surface area contributed by atoms with Crippen molar-refractivity contribution in [1.29, 1.82) is 0 Å². The largest absolute Gasteiger partial charge is 0.369 e. The summed E-state index contributed by atoms with van der Waals surface area (Å²) in [5.74, 6) is 0. The second-order valence-electron chi connectivity index (χ2n) is 4.11. The van der Waals surface area contributed by atoms with Gasteiger partial charge in [-0.1, -0.05) is 0 Å². The van der Waals surface area contributed by atoms with Gasteiger partial charge in [0.05, 0.1) is 11.9 Å². The summed E-state index contributed by atoms with van der Waals surface area (Å²) in [7, 11) is 0. The Bertz CT molecular complexity index is 392. The summed E-state index contributed by atoms with van der Waals surface area (Å²) in [5, 5.41) is 3.10. The van der Waals surface area contributed by atoms with Gasteiger partial charge in [-0.3, -0.25) is 4.98 Å². The Kier molecular flexibility index (Phi) is 1.61. The molecule has 2 aliphatic rings. The highest BCUT2D eigenvalue weighted by molar-refractivity contribution is 9.10. The first-order valence-electron chi connectivity index (χ1n) is 5.29. The van der Waals surface area contributed by atoms with Crippen LogP contribution in [0.3, 0.4) is 0 Å². The van der Waals surface area contributed by atoms with Crippen molar-refractivity contribution in [2.45, 2.75) is 0 Å². The van der Waals surface area contributed by atoms with Crippen molar-refractivity contribution < 1.29 is 1.37 Å². The van der Waals surface area contributed by atoms with E-state index in [0.717, 1.165) is 29.8 Å². The van der Waals surface area contributed by atoms with Gasteiger partial charge in [0.1, 0.15) is 0 Å². The van der Waals surface area contributed by atoms with Crippen LogP contribution in [0.4, 0.5) is 5.69 Å². The minimum atomic E-state index is -0.0751. The summed E-state index contributed by atoms with van der Waals surface area (Å²) in [5.41, 5.74) is 1.36. The second kappa shape index (κ2) is 2.94. The number of nitrogens with one attached hydrogen (secondary N) is 1. The lowest BCUT2D eigenvalue weighted by atomic mass is 9.74. The number of pyridine rings is 1. The molecule has 3 rings (SSSR count). The molecule has 1 N–H and O–H groups in total. The minimum Gasteiger partial charge on any atom is -0.369 e. The second-order valence-corrected chi connectivity index (χ2v) is 5.02. The number of rotatable bonds is 1. The Morgan fingerprint density at radius 3 is 3.00 bits per heavy atom. The Balaban J connectivity index is 1.72. The van der Waals surface area contributed by atoms with Crippen LogP contribution in [0, 0.1) is 5.41 Å². The van der Waals surface area contributed by atoms with Gasteiger partial charge in [0.15, 0.2) is 0 Å². The van der Waals surface area contributed by atoms with E-state index in [4.69, 9.17) is 1.37 Å². The van der Waals surface area contributed by atoms with Crippen LogP contribution in [-0.2, 0) is 0 Å². The van der Waals surface area contributed by atoms with E-state index < -0.39 is 0 Å². The van der Waals surface area contributed by atoms with Crippen LogP contribution in [0.2, 0.25) is 0 Å². The molecule has 2 aliphatic heterocycles. The molecule has 0 bridgehead atoms. The van der Waals surface area contributed by atoms with E-state index >= 15 is 0 Å². The molecule has 3 nitrogen and oxygen atoms in total. The molecule has 2 fully saturated rings. The number of aromatic nitrogens is 1. The highest BCUT2D eigenvalue weighted by atomic mass is 79.9. The Labute approximate surface area is 93.0 Å². The van der Waals surface area contributed by atoms with Crippen LogP contribution in [0.5, 0.6) is 0 Å². The maximum Gasteiger partial charge on any atom is 0.0564 e. The molecule has 0 radical (unpaired) electrons. The average molecular weight is 255 g/mol. The number of anilines is 1. The first-order valence-corrected chi connectivity index (χ1v) is 5.50. The number of hydrogen-bond donors (Lipinski definition) is 1. The summed E-state index contributed by atoms with van der Waals surface area (Å²) < 4.78 is 8.76. The fraction of sp³-hybridized carbons (Fsp3) is 0.500. The van der Waals surface area contributed by atoms with Crippen molar-refractivity contribution in [3.05, 3.63) is 22.9 Å². The third-order valence-electron chi connectivity index (χ3n) is 2.93. The first-order chi connectivity index (χ1) is 7.20. The normalized spacial score (nSPS) is 29.4. The SMILES string of the molecule is [2H]C1NCC12CN(c1cncc(Br)c1)C2. The van der Waals surface area contributed by atoms with Gasteiger partial charge < -0.3 is 10.2 Å². The van der Waals surface area contributed by atoms with E-state index in [1.165, 1.54) is 0 Å². The molecule has 74 valence electrons. The molecule has 0 aliphatic carbocycles. The summed E-state index contributed by atoms with van der Waals surface area (Å²) in [6.07, 6.45) is 3.67. The Morgan fingerprint density at radius 1 is 1.57 bits per heavy atom. The lowest BCUT2D eigenvalue weighted by Gasteiger charge is -2.57. The molecule has 1 unspecified atom stereocenters. The summed E-state index contributed by atoms with van der Waals surface area (Å²) >= 11 is 3.42. The molecule has 2 saturated heterocycles. The van der Waals surface area contributed by atoms with E-state index in [2.05, 4.69) is 37.2 Å². The van der Waals surface area contributed by atoms with Crippen molar-refractivity contribution in [2.24, 2.45) is 5.41 Å². The summed E-state index contributed by atoms with van der Waals surface area (Å²) in [6.45, 7) is 2.87. The van der Waals surface area contributed by atoms with Gasteiger partial charge in [0.2, 0.25) is 0 Å². The summed E-state index contributed by atoms with van der Waals surface area (Å²) in [4.78, 5) is 6.42. The molecule has 1 atom stereocenters. The smallest absolute Gasteiger partial charge is 0.0564 e. The Hall–Kier alpha value is -0.610. The topological polar surface area (TPSA) is 28.2 Å². The number of hydrogen-bond acceptors (Lipinski definition) is 3. The predicted molar refractivity (Wildman–Crippen MR) is 59.5 cm³/mol. The van der Waals surface area contributed by atoms with Crippen molar-refractivity contribution in [3.8, 4) is 0 Å². The monoisotopic (exact) mass is 254 g/mol. The molecular weight excluding hydrogens is 242 g/mol. The van der Waals surface area contributed by atoms with Crippen LogP contribution in [-0.4, -0.2) is 31.1 Å². The maximum atomic E-state index is 7.75. The van der Waals surface area contributed by atoms with E-state index in [-0.39, 0.29) is 11.9 Å². The number of nitrogens with zero attached hydrogens (tertiary/aromatic N) is 2. The van der Waals surface area contributed by atoms with Crippen molar-refractivity contribution >= 4 is 21.6 Å². The summed E-state index contributed by atoms with van der Waals surface area (Å²) in [6, 6.07) is 2.07. The van der Waals surface area contributed by atoms with Gasteiger partial charge in [-0.15, -0.1) is 0 Å². The fourth-order valence-electron chi connectivity index (χ4n) is 2.06. The molecule has 0 amide bonds. The van der Waals surface area contributed by atoms with Gasteiger partial charge in [-0.05, 0) is 22.0 Å². The van der Waals surface area contributed by atoms with Crippen LogP contribution in [0.25, 0.3) is 0 Å². The predicted octanol–water partition coefficient (Wildman–Crippen LogP) is 1.25. The highest BCUT2D eigenvalue weighted by Gasteiger charge is 2.47. The van der Waals surface area contributed by atoms with Gasteiger partial charge in [-0.2, -0.15) is 0 Å². The van der Waals surface area contributed by atoms with Crippen LogP contribution >= 0.6 is 15.9 Å². The zero-order valence-corrected chi connectivity index (χ0v) is 9.29. The lowest BCUT2D eigenvalue weighted by molar-refractivity contribution is 0.121. The first kappa shape index (κ1) is 7.65. The number of halogens is 1. The molecular formula is C10H12BrN3. The molecule has 0 saturated carbocycles. The molecule has 1 aromatic rings. The standard InChI is InChI=1S/C10H12BrN3/c11-8-1-9(3-12-2-8)14-6-10(7-14)4-13-5-10/h1-3,13H,4-7H2/i4D.